The first kappa shape index (κ1) is 12.7. The minimum Gasteiger partial charge on any atom is -0.469 e. The Kier molecular flexibility index (Phi) is 4.24. The smallest absolute Gasteiger partial charge is 0.105 e. The third-order valence-corrected chi connectivity index (χ3v) is 3.82. The van der Waals surface area contributed by atoms with E-state index in [2.05, 4.69) is 37.2 Å². The Morgan fingerprint density at radius 2 is 2.41 bits per heavy atom. The molecule has 3 unspecified atom stereocenters. The van der Waals surface area contributed by atoms with Gasteiger partial charge in [0.15, 0.2) is 0 Å². The van der Waals surface area contributed by atoms with Crippen molar-refractivity contribution in [3.05, 3.63) is 24.2 Å². The van der Waals surface area contributed by atoms with Gasteiger partial charge >= 0.3 is 0 Å². The van der Waals surface area contributed by atoms with Crippen LogP contribution in [0.25, 0.3) is 0 Å². The molecule has 3 atom stereocenters. The highest BCUT2D eigenvalue weighted by atomic mass is 16.3. The number of nitrogens with one attached hydrogen (secondary N) is 1. The number of hydrogen-bond donors (Lipinski definition) is 1. The van der Waals surface area contributed by atoms with Crippen LogP contribution in [0.15, 0.2) is 22.8 Å². The van der Waals surface area contributed by atoms with E-state index < -0.39 is 0 Å². The SMILES string of the molecule is CC(Cc1ccco1)NC1CCN(C)C(C)C1. The van der Waals surface area contributed by atoms with E-state index in [1.165, 1.54) is 19.4 Å². The van der Waals surface area contributed by atoms with Gasteiger partial charge in [0.05, 0.1) is 6.26 Å². The predicted octanol–water partition coefficient (Wildman–Crippen LogP) is 2.28. The van der Waals surface area contributed by atoms with Crippen LogP contribution in [0.4, 0.5) is 0 Å². The highest BCUT2D eigenvalue weighted by Gasteiger charge is 2.23. The summed E-state index contributed by atoms with van der Waals surface area (Å²) in [5.74, 6) is 1.07. The maximum Gasteiger partial charge on any atom is 0.105 e. The highest BCUT2D eigenvalue weighted by Crippen LogP contribution is 2.16. The molecular weight excluding hydrogens is 212 g/mol. The zero-order valence-corrected chi connectivity index (χ0v) is 11.1. The normalized spacial score (nSPS) is 28.2. The minimum atomic E-state index is 0.488. The second-order valence-electron chi connectivity index (χ2n) is 5.40. The fourth-order valence-electron chi connectivity index (χ4n) is 2.63. The van der Waals surface area contributed by atoms with E-state index in [0.29, 0.717) is 18.1 Å². The van der Waals surface area contributed by atoms with Crippen molar-refractivity contribution in [2.45, 2.75) is 51.2 Å². The van der Waals surface area contributed by atoms with Crippen molar-refractivity contribution in [3.8, 4) is 0 Å². The molecule has 1 saturated heterocycles. The quantitative estimate of drug-likeness (QED) is 0.869. The van der Waals surface area contributed by atoms with E-state index in [-0.39, 0.29) is 0 Å². The summed E-state index contributed by atoms with van der Waals surface area (Å²) in [7, 11) is 2.22. The zero-order chi connectivity index (χ0) is 12.3. The third-order valence-electron chi connectivity index (χ3n) is 3.82. The van der Waals surface area contributed by atoms with E-state index in [1.807, 2.05) is 6.07 Å². The highest BCUT2D eigenvalue weighted by molar-refractivity contribution is 5.00. The first-order valence-electron chi connectivity index (χ1n) is 6.64. The average Bonchev–Trinajstić information content (AvgIpc) is 2.76. The first-order valence-corrected chi connectivity index (χ1v) is 6.64. The van der Waals surface area contributed by atoms with Crippen LogP contribution < -0.4 is 5.32 Å². The number of rotatable bonds is 4. The van der Waals surface area contributed by atoms with E-state index in [0.717, 1.165) is 12.2 Å². The largest absolute Gasteiger partial charge is 0.469 e. The summed E-state index contributed by atoms with van der Waals surface area (Å²) in [6, 6.07) is 5.85. The van der Waals surface area contributed by atoms with Crippen LogP contribution in [-0.4, -0.2) is 36.6 Å². The van der Waals surface area contributed by atoms with Crippen molar-refractivity contribution in [2.75, 3.05) is 13.6 Å². The van der Waals surface area contributed by atoms with Gasteiger partial charge in [-0.05, 0) is 52.4 Å². The van der Waals surface area contributed by atoms with Crippen LogP contribution in [0.3, 0.4) is 0 Å². The Balaban J connectivity index is 1.77. The average molecular weight is 236 g/mol. The monoisotopic (exact) mass is 236 g/mol. The predicted molar refractivity (Wildman–Crippen MR) is 70.1 cm³/mol. The van der Waals surface area contributed by atoms with Crippen molar-refractivity contribution in [1.82, 2.24) is 10.2 Å². The number of furan rings is 1. The second-order valence-corrected chi connectivity index (χ2v) is 5.40. The molecule has 1 aliphatic rings. The molecule has 0 bridgehead atoms. The molecule has 1 fully saturated rings. The van der Waals surface area contributed by atoms with Crippen LogP contribution in [0.5, 0.6) is 0 Å². The van der Waals surface area contributed by atoms with Gasteiger partial charge in [0.2, 0.25) is 0 Å². The summed E-state index contributed by atoms with van der Waals surface area (Å²) < 4.78 is 5.38. The molecule has 17 heavy (non-hydrogen) atoms. The molecule has 96 valence electrons. The maximum absolute atomic E-state index is 5.38. The second kappa shape index (κ2) is 5.69. The standard InChI is InChI=1S/C14H24N2O/c1-11(9-14-5-4-8-17-14)15-13-6-7-16(3)12(2)10-13/h4-5,8,11-13,15H,6-7,9-10H2,1-3H3. The molecule has 3 nitrogen and oxygen atoms in total. The number of piperidine rings is 1. The molecule has 2 rings (SSSR count). The van der Waals surface area contributed by atoms with Crippen LogP contribution >= 0.6 is 0 Å². The van der Waals surface area contributed by atoms with E-state index >= 15 is 0 Å². The Bertz CT molecular complexity index is 323. The topological polar surface area (TPSA) is 28.4 Å². The molecule has 0 aromatic carbocycles. The maximum atomic E-state index is 5.38. The van der Waals surface area contributed by atoms with Gasteiger partial charge in [0.25, 0.3) is 0 Å². The lowest BCUT2D eigenvalue weighted by atomic mass is 9.98. The Hall–Kier alpha value is -0.800. The molecule has 0 amide bonds. The van der Waals surface area contributed by atoms with Gasteiger partial charge in [0.1, 0.15) is 5.76 Å². The summed E-state index contributed by atoms with van der Waals surface area (Å²) in [5, 5.41) is 3.72. The Morgan fingerprint density at radius 3 is 3.06 bits per heavy atom. The van der Waals surface area contributed by atoms with Gasteiger partial charge in [-0.2, -0.15) is 0 Å². The fourth-order valence-corrected chi connectivity index (χ4v) is 2.63. The molecule has 1 aromatic rings. The summed E-state index contributed by atoms with van der Waals surface area (Å²) in [4.78, 5) is 2.44. The first-order chi connectivity index (χ1) is 8.15. The van der Waals surface area contributed by atoms with Crippen LogP contribution in [0.1, 0.15) is 32.4 Å². The Labute approximate surface area is 104 Å². The van der Waals surface area contributed by atoms with Crippen molar-refractivity contribution in [1.29, 1.82) is 0 Å². The number of nitrogens with zero attached hydrogens (tertiary/aromatic N) is 1. The Morgan fingerprint density at radius 1 is 1.59 bits per heavy atom. The molecule has 0 radical (unpaired) electrons. The molecule has 1 aromatic heterocycles. The lowest BCUT2D eigenvalue weighted by molar-refractivity contribution is 0.163. The van der Waals surface area contributed by atoms with Gasteiger partial charge in [-0.3, -0.25) is 0 Å². The molecule has 0 aliphatic carbocycles. The lowest BCUT2D eigenvalue weighted by Crippen LogP contribution is -2.48. The molecule has 0 saturated carbocycles. The molecule has 1 N–H and O–H groups in total. The van der Waals surface area contributed by atoms with Gasteiger partial charge < -0.3 is 14.6 Å². The van der Waals surface area contributed by atoms with Crippen LogP contribution in [-0.2, 0) is 6.42 Å². The van der Waals surface area contributed by atoms with Crippen molar-refractivity contribution < 1.29 is 4.42 Å². The van der Waals surface area contributed by atoms with Crippen LogP contribution in [0, 0.1) is 0 Å². The lowest BCUT2D eigenvalue weighted by Gasteiger charge is -2.36. The summed E-state index contributed by atoms with van der Waals surface area (Å²) in [6.45, 7) is 5.75. The zero-order valence-electron chi connectivity index (χ0n) is 11.1. The molecular formula is C14H24N2O. The number of likely N-dealkylation sites (tertiary alicyclic amines) is 1. The molecule has 3 heteroatoms. The number of hydrogen-bond acceptors (Lipinski definition) is 3. The third kappa shape index (κ3) is 3.58. The molecule has 2 heterocycles. The van der Waals surface area contributed by atoms with Gasteiger partial charge in [-0.1, -0.05) is 0 Å². The van der Waals surface area contributed by atoms with E-state index in [4.69, 9.17) is 4.42 Å². The van der Waals surface area contributed by atoms with Gasteiger partial charge in [0, 0.05) is 24.5 Å². The van der Waals surface area contributed by atoms with Crippen LogP contribution in [0.2, 0.25) is 0 Å². The van der Waals surface area contributed by atoms with Crippen molar-refractivity contribution in [3.63, 3.8) is 0 Å². The van der Waals surface area contributed by atoms with Crippen molar-refractivity contribution in [2.24, 2.45) is 0 Å². The fraction of sp³-hybridized carbons (Fsp3) is 0.714. The molecule has 0 spiro atoms. The molecule has 1 aliphatic heterocycles. The van der Waals surface area contributed by atoms with E-state index in [1.54, 1.807) is 6.26 Å². The summed E-state index contributed by atoms with van der Waals surface area (Å²) in [6.07, 6.45) is 5.23. The van der Waals surface area contributed by atoms with Gasteiger partial charge in [-0.25, -0.2) is 0 Å². The summed E-state index contributed by atoms with van der Waals surface area (Å²) >= 11 is 0. The van der Waals surface area contributed by atoms with Gasteiger partial charge in [-0.15, -0.1) is 0 Å². The summed E-state index contributed by atoms with van der Waals surface area (Å²) in [5.41, 5.74) is 0. The van der Waals surface area contributed by atoms with Crippen molar-refractivity contribution >= 4 is 0 Å². The van der Waals surface area contributed by atoms with E-state index in [9.17, 15) is 0 Å². The minimum absolute atomic E-state index is 0.488.